The molecular formula is C11H15N5S. The van der Waals surface area contributed by atoms with E-state index in [-0.39, 0.29) is 0 Å². The second-order valence-electron chi connectivity index (χ2n) is 4.47. The molecule has 90 valence electrons. The molecule has 1 saturated heterocycles. The van der Waals surface area contributed by atoms with Crippen LogP contribution in [0.15, 0.2) is 6.33 Å². The zero-order chi connectivity index (χ0) is 11.8. The lowest BCUT2D eigenvalue weighted by molar-refractivity contribution is 0.499. The highest BCUT2D eigenvalue weighted by Crippen LogP contribution is 2.29. The maximum absolute atomic E-state index is 5.93. The molecule has 2 aromatic heterocycles. The molecule has 0 bridgehead atoms. The highest BCUT2D eigenvalue weighted by Gasteiger charge is 2.20. The molecule has 3 rings (SSSR count). The molecule has 0 spiro atoms. The number of piperidine rings is 1. The molecule has 0 aromatic carbocycles. The summed E-state index contributed by atoms with van der Waals surface area (Å²) in [7, 11) is 0. The number of anilines is 1. The van der Waals surface area contributed by atoms with Crippen LogP contribution in [0.5, 0.6) is 0 Å². The normalized spacial score (nSPS) is 17.9. The predicted molar refractivity (Wildman–Crippen MR) is 69.4 cm³/mol. The van der Waals surface area contributed by atoms with Crippen LogP contribution < -0.4 is 10.6 Å². The van der Waals surface area contributed by atoms with Gasteiger partial charge in [-0.05, 0) is 31.3 Å². The van der Waals surface area contributed by atoms with E-state index in [0.717, 1.165) is 47.7 Å². The van der Waals surface area contributed by atoms with Crippen molar-refractivity contribution in [3.63, 3.8) is 0 Å². The van der Waals surface area contributed by atoms with Gasteiger partial charge in [-0.15, -0.1) is 0 Å². The number of fused-ring (bicyclic) bond motifs is 1. The molecule has 2 N–H and O–H groups in total. The minimum atomic E-state index is 0.338. The standard InChI is InChI=1S/C11H15N5S/c1-7-9-10(13-6-14-11(9)17-15-7)16-4-2-8(12)3-5-16/h6,8H,2-5,12H2,1H3. The monoisotopic (exact) mass is 249 g/mol. The van der Waals surface area contributed by atoms with E-state index in [0.29, 0.717) is 6.04 Å². The quantitative estimate of drug-likeness (QED) is 0.825. The molecule has 0 aliphatic carbocycles. The zero-order valence-corrected chi connectivity index (χ0v) is 10.6. The maximum atomic E-state index is 5.93. The van der Waals surface area contributed by atoms with E-state index in [1.165, 1.54) is 11.5 Å². The summed E-state index contributed by atoms with van der Waals surface area (Å²) in [5.41, 5.74) is 6.95. The van der Waals surface area contributed by atoms with Crippen molar-refractivity contribution < 1.29 is 0 Å². The lowest BCUT2D eigenvalue weighted by Gasteiger charge is -2.31. The fraction of sp³-hybridized carbons (Fsp3) is 0.545. The number of nitrogens with zero attached hydrogens (tertiary/aromatic N) is 4. The highest BCUT2D eigenvalue weighted by molar-refractivity contribution is 7.13. The average molecular weight is 249 g/mol. The van der Waals surface area contributed by atoms with E-state index in [4.69, 9.17) is 5.73 Å². The van der Waals surface area contributed by atoms with E-state index < -0.39 is 0 Å². The second kappa shape index (κ2) is 4.19. The first kappa shape index (κ1) is 10.9. The smallest absolute Gasteiger partial charge is 0.149 e. The van der Waals surface area contributed by atoms with Gasteiger partial charge in [0.2, 0.25) is 0 Å². The van der Waals surface area contributed by atoms with E-state index >= 15 is 0 Å². The van der Waals surface area contributed by atoms with E-state index in [2.05, 4.69) is 19.2 Å². The number of nitrogens with two attached hydrogens (primary N) is 1. The Kier molecular flexibility index (Phi) is 2.68. The van der Waals surface area contributed by atoms with Crippen LogP contribution in [-0.4, -0.2) is 33.5 Å². The Hall–Kier alpha value is -1.27. The number of aryl methyl sites for hydroxylation is 1. The number of rotatable bonds is 1. The van der Waals surface area contributed by atoms with Crippen LogP contribution in [0.3, 0.4) is 0 Å². The third-order valence-electron chi connectivity index (χ3n) is 3.26. The Morgan fingerprint density at radius 3 is 2.88 bits per heavy atom. The Balaban J connectivity index is 2.02. The minimum absolute atomic E-state index is 0.338. The van der Waals surface area contributed by atoms with Gasteiger partial charge in [0.25, 0.3) is 0 Å². The molecule has 0 amide bonds. The van der Waals surface area contributed by atoms with E-state index in [1.54, 1.807) is 6.33 Å². The van der Waals surface area contributed by atoms with Gasteiger partial charge in [0.05, 0.1) is 11.1 Å². The van der Waals surface area contributed by atoms with Crippen LogP contribution in [0, 0.1) is 6.92 Å². The van der Waals surface area contributed by atoms with Gasteiger partial charge in [-0.3, -0.25) is 0 Å². The second-order valence-corrected chi connectivity index (χ2v) is 5.22. The third-order valence-corrected chi connectivity index (χ3v) is 4.11. The van der Waals surface area contributed by atoms with Crippen molar-refractivity contribution >= 4 is 27.6 Å². The van der Waals surface area contributed by atoms with Crippen molar-refractivity contribution in [3.05, 3.63) is 12.0 Å². The van der Waals surface area contributed by atoms with Crippen LogP contribution in [0.25, 0.3) is 10.2 Å². The molecule has 5 nitrogen and oxygen atoms in total. The molecule has 17 heavy (non-hydrogen) atoms. The Morgan fingerprint density at radius 2 is 2.12 bits per heavy atom. The van der Waals surface area contributed by atoms with Crippen LogP contribution in [0.4, 0.5) is 5.82 Å². The van der Waals surface area contributed by atoms with Crippen molar-refractivity contribution in [3.8, 4) is 0 Å². The number of hydrogen-bond donors (Lipinski definition) is 1. The van der Waals surface area contributed by atoms with E-state index in [9.17, 15) is 0 Å². The van der Waals surface area contributed by atoms with Crippen LogP contribution >= 0.6 is 11.5 Å². The summed E-state index contributed by atoms with van der Waals surface area (Å²) in [6, 6.07) is 0.338. The summed E-state index contributed by atoms with van der Waals surface area (Å²) in [4.78, 5) is 12.0. The van der Waals surface area contributed by atoms with Crippen molar-refractivity contribution in [1.82, 2.24) is 14.3 Å². The van der Waals surface area contributed by atoms with Gasteiger partial charge in [0.15, 0.2) is 0 Å². The summed E-state index contributed by atoms with van der Waals surface area (Å²) in [5.74, 6) is 1.02. The van der Waals surface area contributed by atoms with Gasteiger partial charge in [-0.1, -0.05) is 0 Å². The van der Waals surface area contributed by atoms with Crippen molar-refractivity contribution in [2.24, 2.45) is 5.73 Å². The fourth-order valence-corrected chi connectivity index (χ4v) is 2.99. The van der Waals surface area contributed by atoms with Crippen LogP contribution in [0.2, 0.25) is 0 Å². The lowest BCUT2D eigenvalue weighted by atomic mass is 10.1. The third kappa shape index (κ3) is 1.87. The maximum Gasteiger partial charge on any atom is 0.149 e. The van der Waals surface area contributed by atoms with Crippen LogP contribution in [0.1, 0.15) is 18.5 Å². The molecule has 3 heterocycles. The highest BCUT2D eigenvalue weighted by atomic mass is 32.1. The van der Waals surface area contributed by atoms with Crippen molar-refractivity contribution in [2.45, 2.75) is 25.8 Å². The molecule has 0 unspecified atom stereocenters. The summed E-state index contributed by atoms with van der Waals surface area (Å²) in [5, 5.41) is 1.10. The topological polar surface area (TPSA) is 67.9 Å². The molecule has 1 aliphatic heterocycles. The van der Waals surface area contributed by atoms with Gasteiger partial charge >= 0.3 is 0 Å². The summed E-state index contributed by atoms with van der Waals surface area (Å²) in [6.07, 6.45) is 3.69. The van der Waals surface area contributed by atoms with Gasteiger partial charge in [-0.25, -0.2) is 9.97 Å². The Labute approximate surface area is 104 Å². The Bertz CT molecular complexity index is 530. The summed E-state index contributed by atoms with van der Waals surface area (Å²) >= 11 is 1.44. The van der Waals surface area contributed by atoms with Gasteiger partial charge < -0.3 is 10.6 Å². The Morgan fingerprint density at radius 1 is 1.35 bits per heavy atom. The van der Waals surface area contributed by atoms with Crippen LogP contribution in [-0.2, 0) is 0 Å². The first-order valence-electron chi connectivity index (χ1n) is 5.83. The molecule has 0 saturated carbocycles. The largest absolute Gasteiger partial charge is 0.356 e. The molecule has 6 heteroatoms. The number of hydrogen-bond acceptors (Lipinski definition) is 6. The molecule has 0 atom stereocenters. The van der Waals surface area contributed by atoms with Gasteiger partial charge in [-0.2, -0.15) is 4.37 Å². The first-order valence-corrected chi connectivity index (χ1v) is 6.60. The molecule has 0 radical (unpaired) electrons. The number of aromatic nitrogens is 3. The molecular weight excluding hydrogens is 234 g/mol. The van der Waals surface area contributed by atoms with Gasteiger partial charge in [0.1, 0.15) is 17.0 Å². The zero-order valence-electron chi connectivity index (χ0n) is 9.76. The first-order chi connectivity index (χ1) is 8.25. The molecule has 2 aromatic rings. The lowest BCUT2D eigenvalue weighted by Crippen LogP contribution is -2.40. The molecule has 1 fully saturated rings. The SMILES string of the molecule is Cc1nsc2ncnc(N3CCC(N)CC3)c12. The van der Waals surface area contributed by atoms with E-state index in [1.807, 2.05) is 6.92 Å². The summed E-state index contributed by atoms with van der Waals surface area (Å²) in [6.45, 7) is 3.96. The predicted octanol–water partition coefficient (Wildman–Crippen LogP) is 1.32. The fourth-order valence-electron chi connectivity index (χ4n) is 2.25. The van der Waals surface area contributed by atoms with Crippen molar-refractivity contribution in [2.75, 3.05) is 18.0 Å². The van der Waals surface area contributed by atoms with Gasteiger partial charge in [0, 0.05) is 19.1 Å². The van der Waals surface area contributed by atoms with Crippen molar-refractivity contribution in [1.29, 1.82) is 0 Å². The average Bonchev–Trinajstić information content (AvgIpc) is 2.73. The summed E-state index contributed by atoms with van der Waals surface area (Å²) < 4.78 is 4.35. The molecule has 1 aliphatic rings. The minimum Gasteiger partial charge on any atom is -0.356 e.